The Balaban J connectivity index is 1.58. The molecule has 3 heteroatoms. The van der Waals surface area contributed by atoms with Gasteiger partial charge in [-0.1, -0.05) is 0 Å². The van der Waals surface area contributed by atoms with Gasteiger partial charge in [-0.2, -0.15) is 0 Å². The highest BCUT2D eigenvalue weighted by Gasteiger charge is 2.69. The first-order valence-corrected chi connectivity index (χ1v) is 8.39. The minimum Gasteiger partial charge on any atom is -0.480 e. The molecule has 1 unspecified atom stereocenters. The molecular formula is C16H21ClO2. The fraction of sp³-hybridized carbons (Fsp3) is 0.938. The quantitative estimate of drug-likeness (QED) is 0.787. The molecule has 7 aliphatic rings. The summed E-state index contributed by atoms with van der Waals surface area (Å²) in [7, 11) is 0. The molecule has 7 fully saturated rings. The van der Waals surface area contributed by atoms with E-state index in [1.807, 2.05) is 0 Å². The van der Waals surface area contributed by atoms with Crippen LogP contribution in [0.1, 0.15) is 38.5 Å². The molecule has 1 atom stereocenters. The average molecular weight is 281 g/mol. The monoisotopic (exact) mass is 280 g/mol. The van der Waals surface area contributed by atoms with Gasteiger partial charge in [-0.3, -0.25) is 4.79 Å². The van der Waals surface area contributed by atoms with Crippen molar-refractivity contribution < 1.29 is 9.90 Å². The van der Waals surface area contributed by atoms with Crippen LogP contribution in [0.15, 0.2) is 0 Å². The molecule has 19 heavy (non-hydrogen) atoms. The van der Waals surface area contributed by atoms with Gasteiger partial charge in [-0.05, 0) is 85.4 Å². The Bertz CT molecular complexity index is 399. The molecule has 7 rings (SSSR count). The molecule has 0 aliphatic heterocycles. The van der Waals surface area contributed by atoms with Crippen molar-refractivity contribution in [3.63, 3.8) is 0 Å². The van der Waals surface area contributed by atoms with Crippen LogP contribution in [0.4, 0.5) is 0 Å². The Morgan fingerprint density at radius 1 is 0.947 bits per heavy atom. The molecule has 0 spiro atoms. The van der Waals surface area contributed by atoms with Gasteiger partial charge in [0.15, 0.2) is 0 Å². The summed E-state index contributed by atoms with van der Waals surface area (Å²) < 4.78 is 0. The molecule has 0 radical (unpaired) electrons. The second kappa shape index (κ2) is 3.32. The van der Waals surface area contributed by atoms with Gasteiger partial charge in [0.2, 0.25) is 0 Å². The second-order valence-corrected chi connectivity index (χ2v) is 8.67. The van der Waals surface area contributed by atoms with Crippen LogP contribution >= 0.6 is 11.6 Å². The lowest BCUT2D eigenvalue weighted by Crippen LogP contribution is -2.67. The van der Waals surface area contributed by atoms with Crippen LogP contribution in [0.2, 0.25) is 0 Å². The number of carbonyl (C=O) groups is 1. The van der Waals surface area contributed by atoms with Gasteiger partial charge in [0.1, 0.15) is 5.38 Å². The van der Waals surface area contributed by atoms with Crippen LogP contribution in [0.25, 0.3) is 0 Å². The number of aliphatic carboxylic acids is 1. The van der Waals surface area contributed by atoms with Gasteiger partial charge in [-0.15, -0.1) is 11.6 Å². The van der Waals surface area contributed by atoms with E-state index in [1.165, 1.54) is 19.3 Å². The number of halogens is 1. The standard InChI is InChI=1S/C16H21ClO2/c17-14(15(18)19)16-4-11-8-1-7-2-9(11)13(6-16)10(3-7)12(8)5-16/h7-14H,1-6H2,(H,18,19). The van der Waals surface area contributed by atoms with Crippen LogP contribution in [0, 0.1) is 46.8 Å². The van der Waals surface area contributed by atoms with Crippen molar-refractivity contribution in [2.24, 2.45) is 46.8 Å². The summed E-state index contributed by atoms with van der Waals surface area (Å²) >= 11 is 6.35. The number of alkyl halides is 1. The van der Waals surface area contributed by atoms with E-state index in [0.29, 0.717) is 0 Å². The van der Waals surface area contributed by atoms with E-state index in [4.69, 9.17) is 11.6 Å². The maximum absolute atomic E-state index is 11.4. The summed E-state index contributed by atoms with van der Waals surface area (Å²) in [5.74, 6) is 5.52. The van der Waals surface area contributed by atoms with Gasteiger partial charge in [0, 0.05) is 0 Å². The number of hydrogen-bond donors (Lipinski definition) is 1. The van der Waals surface area contributed by atoms with Crippen molar-refractivity contribution in [1.82, 2.24) is 0 Å². The summed E-state index contributed by atoms with van der Waals surface area (Å²) in [6.45, 7) is 0. The Hall–Kier alpha value is -0.240. The first-order chi connectivity index (χ1) is 9.09. The third kappa shape index (κ3) is 1.19. The number of rotatable bonds is 2. The highest BCUT2D eigenvalue weighted by Crippen LogP contribution is 2.75. The summed E-state index contributed by atoms with van der Waals surface area (Å²) in [6.07, 6.45) is 7.71. The first-order valence-electron chi connectivity index (χ1n) is 7.96. The lowest BCUT2D eigenvalue weighted by Gasteiger charge is -2.73. The maximum atomic E-state index is 11.4. The van der Waals surface area contributed by atoms with Crippen LogP contribution < -0.4 is 0 Å². The van der Waals surface area contributed by atoms with Crippen molar-refractivity contribution >= 4 is 17.6 Å². The van der Waals surface area contributed by atoms with E-state index in [2.05, 4.69) is 0 Å². The lowest BCUT2D eigenvalue weighted by atomic mass is 9.32. The summed E-state index contributed by atoms with van der Waals surface area (Å²) in [6, 6.07) is 0. The number of carboxylic acid groups (broad SMARTS) is 1. The van der Waals surface area contributed by atoms with E-state index in [1.54, 1.807) is 0 Å². The molecule has 1 N–H and O–H groups in total. The lowest BCUT2D eigenvalue weighted by molar-refractivity contribution is -0.233. The largest absolute Gasteiger partial charge is 0.480 e. The SMILES string of the molecule is O=C(O)C(Cl)C12CC3C4CC5CC3C(C1)C(C5)C4C2. The maximum Gasteiger partial charge on any atom is 0.322 e. The van der Waals surface area contributed by atoms with Gasteiger partial charge in [-0.25, -0.2) is 0 Å². The first kappa shape index (κ1) is 11.4. The van der Waals surface area contributed by atoms with Crippen LogP contribution in [0.3, 0.4) is 0 Å². The van der Waals surface area contributed by atoms with Crippen molar-refractivity contribution in [2.75, 3.05) is 0 Å². The van der Waals surface area contributed by atoms with E-state index < -0.39 is 11.3 Å². The van der Waals surface area contributed by atoms with Crippen molar-refractivity contribution in [3.8, 4) is 0 Å². The van der Waals surface area contributed by atoms with Gasteiger partial charge in [0.05, 0.1) is 0 Å². The van der Waals surface area contributed by atoms with Gasteiger partial charge >= 0.3 is 5.97 Å². The molecular weight excluding hydrogens is 260 g/mol. The molecule has 8 bridgehead atoms. The Kier molecular flexibility index (Phi) is 2.00. The molecule has 104 valence electrons. The summed E-state index contributed by atoms with van der Waals surface area (Å²) in [5, 5.41) is 8.75. The summed E-state index contributed by atoms with van der Waals surface area (Å²) in [5.41, 5.74) is -0.0545. The molecule has 2 nitrogen and oxygen atoms in total. The molecule has 7 saturated carbocycles. The van der Waals surface area contributed by atoms with E-state index in [0.717, 1.165) is 60.7 Å². The highest BCUT2D eigenvalue weighted by molar-refractivity contribution is 6.30. The third-order valence-corrected chi connectivity index (χ3v) is 8.45. The fourth-order valence-electron chi connectivity index (χ4n) is 7.54. The van der Waals surface area contributed by atoms with Crippen molar-refractivity contribution in [3.05, 3.63) is 0 Å². The fourth-order valence-corrected chi connectivity index (χ4v) is 7.80. The molecule has 0 aromatic heterocycles. The molecule has 0 saturated heterocycles. The minimum atomic E-state index is -0.778. The van der Waals surface area contributed by atoms with Gasteiger partial charge < -0.3 is 5.11 Å². The topological polar surface area (TPSA) is 37.3 Å². The number of carboxylic acids is 1. The predicted octanol–water partition coefficient (Wildman–Crippen LogP) is 3.39. The van der Waals surface area contributed by atoms with Crippen LogP contribution in [-0.4, -0.2) is 16.5 Å². The van der Waals surface area contributed by atoms with Crippen LogP contribution in [-0.2, 0) is 4.79 Å². The third-order valence-electron chi connectivity index (χ3n) is 7.80. The molecule has 0 heterocycles. The van der Waals surface area contributed by atoms with Crippen molar-refractivity contribution in [2.45, 2.75) is 43.9 Å². The zero-order valence-corrected chi connectivity index (χ0v) is 11.9. The molecule has 7 aliphatic carbocycles. The molecule has 0 amide bonds. The smallest absolute Gasteiger partial charge is 0.322 e. The Labute approximate surface area is 118 Å². The number of hydrogen-bond acceptors (Lipinski definition) is 1. The normalized spacial score (nSPS) is 61.6. The Morgan fingerprint density at radius 3 is 1.74 bits per heavy atom. The van der Waals surface area contributed by atoms with Crippen molar-refractivity contribution in [1.29, 1.82) is 0 Å². The van der Waals surface area contributed by atoms with Crippen LogP contribution in [0.5, 0.6) is 0 Å². The summed E-state index contributed by atoms with van der Waals surface area (Å²) in [4.78, 5) is 11.4. The van der Waals surface area contributed by atoms with Gasteiger partial charge in [0.25, 0.3) is 0 Å². The predicted molar refractivity (Wildman–Crippen MR) is 71.8 cm³/mol. The highest BCUT2D eigenvalue weighted by atomic mass is 35.5. The minimum absolute atomic E-state index is 0.0545. The molecule has 0 aromatic rings. The van der Waals surface area contributed by atoms with E-state index in [-0.39, 0.29) is 5.41 Å². The zero-order chi connectivity index (χ0) is 12.9. The second-order valence-electron chi connectivity index (χ2n) is 8.23. The molecule has 0 aromatic carbocycles. The van der Waals surface area contributed by atoms with E-state index in [9.17, 15) is 9.90 Å². The van der Waals surface area contributed by atoms with E-state index >= 15 is 0 Å². The average Bonchev–Trinajstić information content (AvgIpc) is 2.42. The zero-order valence-electron chi connectivity index (χ0n) is 11.1. The Morgan fingerprint density at radius 2 is 1.37 bits per heavy atom.